The lowest BCUT2D eigenvalue weighted by molar-refractivity contribution is -0.113. The molecule has 5 rings (SSSR count). The zero-order chi connectivity index (χ0) is 25.1. The van der Waals surface area contributed by atoms with Crippen LogP contribution >= 0.6 is 0 Å². The molecule has 0 bridgehead atoms. The minimum Gasteiger partial charge on any atom is -0.462 e. The highest BCUT2D eigenvalue weighted by molar-refractivity contribution is 5.99. The average molecular weight is 486 g/mol. The summed E-state index contributed by atoms with van der Waals surface area (Å²) in [5.41, 5.74) is 3.00. The van der Waals surface area contributed by atoms with E-state index in [9.17, 15) is 9.59 Å². The predicted molar refractivity (Wildman–Crippen MR) is 139 cm³/mol. The Balaban J connectivity index is 1.45. The van der Waals surface area contributed by atoms with Gasteiger partial charge in [-0.05, 0) is 50.4 Å². The van der Waals surface area contributed by atoms with Gasteiger partial charge in [-0.3, -0.25) is 9.59 Å². The molecular formula is C28H31N5O3. The molecule has 1 aromatic heterocycles. The molecule has 2 aromatic carbocycles. The van der Waals surface area contributed by atoms with Gasteiger partial charge in [0.15, 0.2) is 5.78 Å². The van der Waals surface area contributed by atoms with E-state index < -0.39 is 5.91 Å². The molecule has 1 saturated heterocycles. The Labute approximate surface area is 211 Å². The smallest absolute Gasteiger partial charge is 0.317 e. The maximum absolute atomic E-state index is 13.1. The molecule has 0 unspecified atom stereocenters. The van der Waals surface area contributed by atoms with Crippen molar-refractivity contribution in [3.8, 4) is 6.01 Å². The van der Waals surface area contributed by atoms with Crippen LogP contribution in [0.4, 0.5) is 5.69 Å². The lowest BCUT2D eigenvalue weighted by Crippen LogP contribution is -2.36. The van der Waals surface area contributed by atoms with Crippen molar-refractivity contribution in [1.82, 2.24) is 20.2 Å². The summed E-state index contributed by atoms with van der Waals surface area (Å²) >= 11 is 0. The van der Waals surface area contributed by atoms with Crippen molar-refractivity contribution in [2.24, 2.45) is 0 Å². The number of hydrogen-bond donors (Lipinski definition) is 1. The topological polar surface area (TPSA) is 87.7 Å². The third-order valence-electron chi connectivity index (χ3n) is 7.09. The first kappa shape index (κ1) is 23.9. The number of ether oxygens (including phenoxy) is 1. The predicted octanol–water partition coefficient (Wildman–Crippen LogP) is 3.15. The van der Waals surface area contributed by atoms with Crippen molar-refractivity contribution in [2.75, 3.05) is 38.2 Å². The van der Waals surface area contributed by atoms with Crippen LogP contribution in [-0.2, 0) is 17.8 Å². The number of likely N-dealkylation sites (tertiary alicyclic amines) is 1. The minimum absolute atomic E-state index is 0.119. The van der Waals surface area contributed by atoms with Gasteiger partial charge in [0.1, 0.15) is 12.3 Å². The van der Waals surface area contributed by atoms with E-state index in [2.05, 4.69) is 64.1 Å². The van der Waals surface area contributed by atoms with E-state index >= 15 is 0 Å². The number of amides is 1. The van der Waals surface area contributed by atoms with E-state index in [0.29, 0.717) is 25.6 Å². The molecule has 1 amide bonds. The normalized spacial score (nSPS) is 17.6. The zero-order valence-electron chi connectivity index (χ0n) is 20.6. The van der Waals surface area contributed by atoms with Crippen molar-refractivity contribution in [3.05, 3.63) is 72.1 Å². The Morgan fingerprint density at radius 1 is 1.17 bits per heavy atom. The number of aromatic nitrogens is 2. The van der Waals surface area contributed by atoms with Gasteiger partial charge >= 0.3 is 6.01 Å². The highest BCUT2D eigenvalue weighted by atomic mass is 16.5. The van der Waals surface area contributed by atoms with Crippen LogP contribution in [0.25, 0.3) is 10.8 Å². The summed E-state index contributed by atoms with van der Waals surface area (Å²) in [6.45, 7) is 6.13. The van der Waals surface area contributed by atoms with Gasteiger partial charge in [-0.2, -0.15) is 9.97 Å². The third-order valence-corrected chi connectivity index (χ3v) is 7.09. The molecular weight excluding hydrogens is 454 g/mol. The van der Waals surface area contributed by atoms with Crippen LogP contribution in [0.5, 0.6) is 6.01 Å². The van der Waals surface area contributed by atoms with Crippen molar-refractivity contribution < 1.29 is 14.3 Å². The van der Waals surface area contributed by atoms with Gasteiger partial charge < -0.3 is 19.9 Å². The Morgan fingerprint density at radius 3 is 2.81 bits per heavy atom. The number of rotatable bonds is 8. The van der Waals surface area contributed by atoms with Crippen LogP contribution in [0.3, 0.4) is 0 Å². The average Bonchev–Trinajstić information content (AvgIpc) is 3.33. The van der Waals surface area contributed by atoms with E-state index in [4.69, 9.17) is 9.72 Å². The van der Waals surface area contributed by atoms with E-state index in [1.54, 1.807) is 0 Å². The summed E-state index contributed by atoms with van der Waals surface area (Å²) < 4.78 is 6.03. The van der Waals surface area contributed by atoms with E-state index in [1.807, 2.05) is 12.1 Å². The molecule has 3 heterocycles. The first-order chi connectivity index (χ1) is 17.5. The second-order valence-electron chi connectivity index (χ2n) is 9.39. The van der Waals surface area contributed by atoms with Gasteiger partial charge in [-0.1, -0.05) is 43.0 Å². The van der Waals surface area contributed by atoms with E-state index in [0.717, 1.165) is 42.9 Å². The number of likely N-dealkylation sites (N-methyl/N-ethyl adjacent to an activating group) is 1. The number of fused-ring (bicyclic) bond motifs is 2. The van der Waals surface area contributed by atoms with Crippen LogP contribution in [0, 0.1) is 0 Å². The Bertz CT molecular complexity index is 1300. The number of nitrogens with one attached hydrogen (secondary N) is 1. The number of anilines is 1. The van der Waals surface area contributed by atoms with E-state index in [-0.39, 0.29) is 24.0 Å². The summed E-state index contributed by atoms with van der Waals surface area (Å²) in [5.74, 6) is -0.653. The Morgan fingerprint density at radius 2 is 2.00 bits per heavy atom. The summed E-state index contributed by atoms with van der Waals surface area (Å²) in [7, 11) is 2.09. The summed E-state index contributed by atoms with van der Waals surface area (Å²) in [6, 6.07) is 15.1. The third kappa shape index (κ3) is 4.95. The van der Waals surface area contributed by atoms with Crippen LogP contribution in [0.1, 0.15) is 34.6 Å². The highest BCUT2D eigenvalue weighted by Crippen LogP contribution is 2.31. The monoisotopic (exact) mass is 485 g/mol. The molecule has 2 aliphatic rings. The number of ketones is 1. The number of nitrogens with zero attached hydrogens (tertiary/aromatic N) is 4. The molecule has 8 nitrogen and oxygen atoms in total. The summed E-state index contributed by atoms with van der Waals surface area (Å²) in [4.78, 5) is 38.6. The molecule has 0 saturated carbocycles. The highest BCUT2D eigenvalue weighted by Gasteiger charge is 2.28. The molecule has 1 fully saturated rings. The molecule has 1 atom stereocenters. The standard InChI is InChI=1S/C28H31N5O3/c1-3-21(34)16-29-27(35)26-23-13-15-33(25-12-6-9-19-8-4-5-11-22(19)25)17-24(23)30-28(31-26)36-18-20-10-7-14-32(20)2/h3-6,8-9,11-12,20H,1,7,10,13-18H2,2H3,(H,29,35)/t20-/m0/s1. The quantitative estimate of drug-likeness (QED) is 0.491. The molecule has 1 N–H and O–H groups in total. The Hall–Kier alpha value is -3.78. The minimum atomic E-state index is -0.398. The van der Waals surface area contributed by atoms with Crippen LogP contribution in [0.15, 0.2) is 55.1 Å². The fourth-order valence-corrected chi connectivity index (χ4v) is 5.03. The first-order valence-electron chi connectivity index (χ1n) is 12.4. The molecule has 0 spiro atoms. The zero-order valence-corrected chi connectivity index (χ0v) is 20.6. The van der Waals surface area contributed by atoms with Gasteiger partial charge in [-0.25, -0.2) is 0 Å². The van der Waals surface area contributed by atoms with Crippen molar-refractivity contribution in [1.29, 1.82) is 0 Å². The second-order valence-corrected chi connectivity index (χ2v) is 9.39. The van der Waals surface area contributed by atoms with Crippen molar-refractivity contribution in [2.45, 2.75) is 31.8 Å². The Kier molecular flexibility index (Phi) is 6.95. The maximum atomic E-state index is 13.1. The fourth-order valence-electron chi connectivity index (χ4n) is 5.03. The maximum Gasteiger partial charge on any atom is 0.317 e. The van der Waals surface area contributed by atoms with Gasteiger partial charge in [-0.15, -0.1) is 0 Å². The largest absolute Gasteiger partial charge is 0.462 e. The van der Waals surface area contributed by atoms with Gasteiger partial charge in [0, 0.05) is 29.2 Å². The molecule has 186 valence electrons. The second kappa shape index (κ2) is 10.5. The number of hydrogen-bond acceptors (Lipinski definition) is 7. The van der Waals surface area contributed by atoms with Crippen molar-refractivity contribution in [3.63, 3.8) is 0 Å². The molecule has 2 aliphatic heterocycles. The first-order valence-corrected chi connectivity index (χ1v) is 12.4. The summed E-state index contributed by atoms with van der Waals surface area (Å²) in [6.07, 6.45) is 4.01. The molecule has 8 heteroatoms. The van der Waals surface area contributed by atoms with Crippen LogP contribution < -0.4 is 15.0 Å². The van der Waals surface area contributed by atoms with Crippen LogP contribution in [0.2, 0.25) is 0 Å². The SMILES string of the molecule is C=CC(=O)CNC(=O)c1nc(OC[C@@H]2CCCN2C)nc2c1CCN(c1cccc3ccccc13)C2. The molecule has 3 aromatic rings. The molecule has 36 heavy (non-hydrogen) atoms. The fraction of sp³-hybridized carbons (Fsp3) is 0.357. The lowest BCUT2D eigenvalue weighted by Gasteiger charge is -2.31. The van der Waals surface area contributed by atoms with Gasteiger partial charge in [0.05, 0.1) is 18.8 Å². The van der Waals surface area contributed by atoms with Crippen molar-refractivity contribution >= 4 is 28.2 Å². The van der Waals surface area contributed by atoms with Crippen LogP contribution in [-0.4, -0.2) is 65.9 Å². The molecule has 0 aliphatic carbocycles. The number of carbonyl (C=O) groups excluding carboxylic acids is 2. The van der Waals surface area contributed by atoms with E-state index in [1.165, 1.54) is 16.8 Å². The van der Waals surface area contributed by atoms with Gasteiger partial charge in [0.25, 0.3) is 5.91 Å². The number of carbonyl (C=O) groups is 2. The lowest BCUT2D eigenvalue weighted by atomic mass is 10.00. The molecule has 0 radical (unpaired) electrons. The van der Waals surface area contributed by atoms with Gasteiger partial charge in [0.2, 0.25) is 0 Å². The summed E-state index contributed by atoms with van der Waals surface area (Å²) in [5, 5.41) is 5.03. The number of benzene rings is 2.